The summed E-state index contributed by atoms with van der Waals surface area (Å²) in [5.74, 6) is 0.418. The lowest BCUT2D eigenvalue weighted by atomic mass is 10.0. The van der Waals surface area contributed by atoms with Crippen molar-refractivity contribution in [1.82, 2.24) is 0 Å². The van der Waals surface area contributed by atoms with Gasteiger partial charge in [0.25, 0.3) is 0 Å². The molecule has 3 rings (SSSR count). The van der Waals surface area contributed by atoms with Gasteiger partial charge in [0.2, 0.25) is 6.79 Å². The van der Waals surface area contributed by atoms with Gasteiger partial charge in [0.1, 0.15) is 5.82 Å². The van der Waals surface area contributed by atoms with E-state index >= 15 is 0 Å². The van der Waals surface area contributed by atoms with Crippen LogP contribution in [0.3, 0.4) is 0 Å². The van der Waals surface area contributed by atoms with Crippen LogP contribution in [0.5, 0.6) is 11.5 Å². The number of hydrogen-bond donors (Lipinski definition) is 0. The zero-order valence-corrected chi connectivity index (χ0v) is 11.8. The Morgan fingerprint density at radius 3 is 2.82 bits per heavy atom. The summed E-state index contributed by atoms with van der Waals surface area (Å²) >= 11 is 0. The first kappa shape index (κ1) is 14.1. The van der Waals surface area contributed by atoms with Crippen molar-refractivity contribution in [2.75, 3.05) is 13.9 Å². The number of hydrogen-bond acceptors (Lipinski definition) is 4. The van der Waals surface area contributed by atoms with Gasteiger partial charge in [0.15, 0.2) is 11.5 Å². The van der Waals surface area contributed by atoms with Crippen molar-refractivity contribution in [3.63, 3.8) is 0 Å². The zero-order valence-electron chi connectivity index (χ0n) is 11.8. The third kappa shape index (κ3) is 2.79. The molecule has 0 amide bonds. The van der Waals surface area contributed by atoms with Gasteiger partial charge in [-0.3, -0.25) is 0 Å². The minimum absolute atomic E-state index is 0.170. The summed E-state index contributed by atoms with van der Waals surface area (Å²) in [5.41, 5.74) is 1.79. The summed E-state index contributed by atoms with van der Waals surface area (Å²) in [6.45, 7) is 0.170. The van der Waals surface area contributed by atoms with Crippen LogP contribution in [-0.2, 0) is 9.53 Å². The molecule has 1 aliphatic heterocycles. The van der Waals surface area contributed by atoms with Crippen LogP contribution in [0.2, 0.25) is 0 Å². The van der Waals surface area contributed by atoms with Gasteiger partial charge in [-0.1, -0.05) is 12.1 Å². The topological polar surface area (TPSA) is 44.8 Å². The van der Waals surface area contributed by atoms with E-state index in [9.17, 15) is 9.18 Å². The second-order valence-corrected chi connectivity index (χ2v) is 4.66. The number of ether oxygens (including phenoxy) is 3. The summed E-state index contributed by atoms with van der Waals surface area (Å²) in [6.07, 6.45) is 2.86. The molecule has 0 atom stereocenters. The van der Waals surface area contributed by atoms with Crippen molar-refractivity contribution in [2.45, 2.75) is 0 Å². The molecule has 0 fully saturated rings. The predicted octanol–water partition coefficient (Wildman–Crippen LogP) is 3.41. The Kier molecular flexibility index (Phi) is 3.78. The molecule has 5 heteroatoms. The molecule has 2 aromatic rings. The first-order valence-corrected chi connectivity index (χ1v) is 6.63. The van der Waals surface area contributed by atoms with Crippen LogP contribution < -0.4 is 9.47 Å². The van der Waals surface area contributed by atoms with E-state index in [1.807, 2.05) is 0 Å². The third-order valence-corrected chi connectivity index (χ3v) is 3.29. The monoisotopic (exact) mass is 300 g/mol. The van der Waals surface area contributed by atoms with Crippen LogP contribution in [-0.4, -0.2) is 19.9 Å². The maximum atomic E-state index is 14.1. The van der Waals surface area contributed by atoms with Gasteiger partial charge in [0.05, 0.1) is 7.11 Å². The maximum absolute atomic E-state index is 14.1. The summed E-state index contributed by atoms with van der Waals surface area (Å²) < 4.78 is 29.2. The Morgan fingerprint density at radius 2 is 2.00 bits per heavy atom. The molecular weight excluding hydrogens is 287 g/mol. The summed E-state index contributed by atoms with van der Waals surface area (Å²) in [6, 6.07) is 9.84. The molecule has 0 saturated carbocycles. The lowest BCUT2D eigenvalue weighted by Gasteiger charge is -2.06. The highest BCUT2D eigenvalue weighted by molar-refractivity contribution is 5.87. The van der Waals surface area contributed by atoms with E-state index in [1.54, 1.807) is 36.4 Å². The fourth-order valence-electron chi connectivity index (χ4n) is 2.16. The van der Waals surface area contributed by atoms with Crippen LogP contribution in [0.1, 0.15) is 5.56 Å². The predicted molar refractivity (Wildman–Crippen MR) is 79.0 cm³/mol. The highest BCUT2D eigenvalue weighted by atomic mass is 19.1. The fraction of sp³-hybridized carbons (Fsp3) is 0.118. The molecular formula is C17H13FO4. The number of halogens is 1. The summed E-state index contributed by atoms with van der Waals surface area (Å²) in [4.78, 5) is 11.1. The van der Waals surface area contributed by atoms with E-state index in [0.717, 1.165) is 0 Å². The van der Waals surface area contributed by atoms with Crippen molar-refractivity contribution in [1.29, 1.82) is 0 Å². The van der Waals surface area contributed by atoms with Crippen LogP contribution in [0.15, 0.2) is 42.5 Å². The van der Waals surface area contributed by atoms with E-state index < -0.39 is 5.97 Å². The molecule has 0 unspecified atom stereocenters. The molecule has 22 heavy (non-hydrogen) atoms. The molecule has 0 saturated heterocycles. The quantitative estimate of drug-likeness (QED) is 0.643. The van der Waals surface area contributed by atoms with E-state index in [-0.39, 0.29) is 12.6 Å². The number of carbonyl (C=O) groups is 1. The molecule has 0 spiro atoms. The molecule has 4 nitrogen and oxygen atoms in total. The minimum Gasteiger partial charge on any atom is -0.466 e. The molecule has 0 N–H and O–H groups in total. The Balaban J connectivity index is 1.96. The van der Waals surface area contributed by atoms with Gasteiger partial charge < -0.3 is 14.2 Å². The third-order valence-electron chi connectivity index (χ3n) is 3.29. The fourth-order valence-corrected chi connectivity index (χ4v) is 2.16. The second kappa shape index (κ2) is 5.89. The van der Waals surface area contributed by atoms with Gasteiger partial charge >= 0.3 is 5.97 Å². The number of carbonyl (C=O) groups excluding carboxylic acids is 1. The summed E-state index contributed by atoms with van der Waals surface area (Å²) in [7, 11) is 1.30. The normalized spacial score (nSPS) is 12.6. The van der Waals surface area contributed by atoms with Gasteiger partial charge in [-0.25, -0.2) is 9.18 Å². The van der Waals surface area contributed by atoms with Crippen LogP contribution in [0, 0.1) is 5.82 Å². The molecule has 112 valence electrons. The Labute approximate surface area is 126 Å². The lowest BCUT2D eigenvalue weighted by Crippen LogP contribution is -1.93. The number of methoxy groups -OCH3 is 1. The number of esters is 1. The maximum Gasteiger partial charge on any atom is 0.330 e. The van der Waals surface area contributed by atoms with Crippen LogP contribution >= 0.6 is 0 Å². The minimum atomic E-state index is -0.464. The van der Waals surface area contributed by atoms with Gasteiger partial charge in [-0.15, -0.1) is 0 Å². The number of benzene rings is 2. The van der Waals surface area contributed by atoms with E-state index in [4.69, 9.17) is 9.47 Å². The molecule has 0 aromatic heterocycles. The number of fused-ring (bicyclic) bond motifs is 1. The first-order valence-electron chi connectivity index (χ1n) is 6.63. The highest BCUT2D eigenvalue weighted by Crippen LogP contribution is 2.36. The molecule has 0 bridgehead atoms. The Bertz CT molecular complexity index is 752. The van der Waals surface area contributed by atoms with E-state index in [0.29, 0.717) is 28.2 Å². The zero-order chi connectivity index (χ0) is 15.5. The van der Waals surface area contributed by atoms with E-state index in [1.165, 1.54) is 19.3 Å². The smallest absolute Gasteiger partial charge is 0.330 e. The van der Waals surface area contributed by atoms with Gasteiger partial charge in [-0.2, -0.15) is 0 Å². The van der Waals surface area contributed by atoms with Crippen molar-refractivity contribution in [3.8, 4) is 22.6 Å². The van der Waals surface area contributed by atoms with Gasteiger partial charge in [-0.05, 0) is 41.5 Å². The average molecular weight is 300 g/mol. The Morgan fingerprint density at radius 1 is 1.18 bits per heavy atom. The molecule has 1 aliphatic rings. The molecule has 0 aliphatic carbocycles. The summed E-state index contributed by atoms with van der Waals surface area (Å²) in [5, 5.41) is 0. The van der Waals surface area contributed by atoms with Crippen LogP contribution in [0.4, 0.5) is 4.39 Å². The average Bonchev–Trinajstić information content (AvgIpc) is 3.01. The van der Waals surface area contributed by atoms with Crippen molar-refractivity contribution < 1.29 is 23.4 Å². The second-order valence-electron chi connectivity index (χ2n) is 4.66. The standard InChI is InChI=1S/C17H13FO4/c1-20-17(19)7-3-11-2-5-14(18)13(8-11)12-4-6-15-16(9-12)22-10-21-15/h2-9H,10H2,1H3/b7-3+. The van der Waals surface area contributed by atoms with E-state index in [2.05, 4.69) is 4.74 Å². The largest absolute Gasteiger partial charge is 0.466 e. The number of rotatable bonds is 3. The van der Waals surface area contributed by atoms with Crippen molar-refractivity contribution in [3.05, 3.63) is 53.9 Å². The Hall–Kier alpha value is -2.82. The van der Waals surface area contributed by atoms with Gasteiger partial charge in [0, 0.05) is 11.6 Å². The molecule has 0 radical (unpaired) electrons. The lowest BCUT2D eigenvalue weighted by molar-refractivity contribution is -0.134. The highest BCUT2D eigenvalue weighted by Gasteiger charge is 2.15. The molecule has 1 heterocycles. The van der Waals surface area contributed by atoms with Crippen molar-refractivity contribution in [2.24, 2.45) is 0 Å². The first-order chi connectivity index (χ1) is 10.7. The SMILES string of the molecule is COC(=O)/C=C/c1ccc(F)c(-c2ccc3c(c2)OCO3)c1. The molecule has 2 aromatic carbocycles. The van der Waals surface area contributed by atoms with Crippen molar-refractivity contribution >= 4 is 12.0 Å². The van der Waals surface area contributed by atoms with Crippen LogP contribution in [0.25, 0.3) is 17.2 Å².